The molecule has 2 aromatic rings. The molecular formula is C15H17ClN4O2. The summed E-state index contributed by atoms with van der Waals surface area (Å²) >= 11 is 6.11. The normalized spacial score (nSPS) is 18.5. The van der Waals surface area contributed by atoms with Crippen molar-refractivity contribution in [3.05, 3.63) is 46.0 Å². The molecule has 0 bridgehead atoms. The Labute approximate surface area is 133 Å². The van der Waals surface area contributed by atoms with Crippen LogP contribution in [0.15, 0.2) is 18.5 Å². The summed E-state index contributed by atoms with van der Waals surface area (Å²) in [6, 6.07) is 1.48. The van der Waals surface area contributed by atoms with E-state index < -0.39 is 0 Å². The van der Waals surface area contributed by atoms with Crippen molar-refractivity contribution in [1.29, 1.82) is 0 Å². The lowest BCUT2D eigenvalue weighted by atomic mass is 10.0. The fraction of sp³-hybridized carbons (Fsp3) is 0.400. The summed E-state index contributed by atoms with van der Waals surface area (Å²) in [5.41, 5.74) is 3.30. The molecule has 1 saturated heterocycles. The fourth-order valence-electron chi connectivity index (χ4n) is 2.84. The summed E-state index contributed by atoms with van der Waals surface area (Å²) in [5.74, 6) is -0.110. The number of morpholine rings is 1. The van der Waals surface area contributed by atoms with Gasteiger partial charge < -0.3 is 9.64 Å². The highest BCUT2D eigenvalue weighted by atomic mass is 35.5. The molecule has 3 rings (SSSR count). The summed E-state index contributed by atoms with van der Waals surface area (Å²) in [6.45, 7) is 5.37. The second-order valence-corrected chi connectivity index (χ2v) is 5.70. The lowest BCUT2D eigenvalue weighted by Crippen LogP contribution is -2.43. The van der Waals surface area contributed by atoms with Gasteiger partial charge in [-0.05, 0) is 19.9 Å². The van der Waals surface area contributed by atoms with E-state index in [-0.39, 0.29) is 11.9 Å². The van der Waals surface area contributed by atoms with Crippen molar-refractivity contribution in [2.24, 2.45) is 0 Å². The van der Waals surface area contributed by atoms with Crippen LogP contribution in [-0.4, -0.2) is 45.7 Å². The first-order valence-electron chi connectivity index (χ1n) is 7.09. The van der Waals surface area contributed by atoms with E-state index in [0.717, 1.165) is 17.0 Å². The summed E-state index contributed by atoms with van der Waals surface area (Å²) in [7, 11) is 0. The van der Waals surface area contributed by atoms with Crippen LogP contribution < -0.4 is 0 Å². The number of aryl methyl sites for hydroxylation is 2. The monoisotopic (exact) mass is 320 g/mol. The van der Waals surface area contributed by atoms with Gasteiger partial charge in [-0.2, -0.15) is 5.10 Å². The Kier molecular flexibility index (Phi) is 4.13. The molecule has 1 amide bonds. The minimum atomic E-state index is -0.163. The van der Waals surface area contributed by atoms with E-state index in [1.165, 1.54) is 6.20 Å². The van der Waals surface area contributed by atoms with E-state index in [1.54, 1.807) is 17.2 Å². The quantitative estimate of drug-likeness (QED) is 0.921. The molecule has 1 fully saturated rings. The predicted molar refractivity (Wildman–Crippen MR) is 81.9 cm³/mol. The number of H-pyrrole nitrogens is 1. The van der Waals surface area contributed by atoms with Crippen LogP contribution in [0.4, 0.5) is 0 Å². The van der Waals surface area contributed by atoms with Gasteiger partial charge in [0.05, 0.1) is 35.5 Å². The van der Waals surface area contributed by atoms with E-state index >= 15 is 0 Å². The number of pyridine rings is 1. The Morgan fingerprint density at radius 3 is 3.00 bits per heavy atom. The van der Waals surface area contributed by atoms with Crippen LogP contribution in [0.2, 0.25) is 5.02 Å². The molecule has 0 radical (unpaired) electrons. The van der Waals surface area contributed by atoms with Crippen LogP contribution in [0.3, 0.4) is 0 Å². The number of amides is 1. The Morgan fingerprint density at radius 2 is 2.32 bits per heavy atom. The predicted octanol–water partition coefficient (Wildman–Crippen LogP) is 2.29. The molecule has 0 saturated carbocycles. The third kappa shape index (κ3) is 2.60. The first kappa shape index (κ1) is 15.0. The van der Waals surface area contributed by atoms with Crippen molar-refractivity contribution in [3.63, 3.8) is 0 Å². The largest absolute Gasteiger partial charge is 0.377 e. The maximum atomic E-state index is 12.9. The van der Waals surface area contributed by atoms with Crippen LogP contribution in [0, 0.1) is 13.8 Å². The minimum Gasteiger partial charge on any atom is -0.377 e. The van der Waals surface area contributed by atoms with Gasteiger partial charge in [-0.3, -0.25) is 14.9 Å². The Balaban J connectivity index is 1.97. The van der Waals surface area contributed by atoms with Crippen LogP contribution in [0.25, 0.3) is 0 Å². The average molecular weight is 321 g/mol. The van der Waals surface area contributed by atoms with Crippen molar-refractivity contribution in [2.45, 2.75) is 19.9 Å². The van der Waals surface area contributed by atoms with Gasteiger partial charge in [-0.15, -0.1) is 0 Å². The Hall–Kier alpha value is -1.92. The topological polar surface area (TPSA) is 71.1 Å². The molecule has 6 nitrogen and oxygen atoms in total. The molecule has 2 aromatic heterocycles. The van der Waals surface area contributed by atoms with Gasteiger partial charge in [0.2, 0.25) is 0 Å². The molecular weight excluding hydrogens is 304 g/mol. The number of hydrogen-bond donors (Lipinski definition) is 1. The van der Waals surface area contributed by atoms with Crippen LogP contribution >= 0.6 is 11.6 Å². The molecule has 0 aliphatic carbocycles. The Bertz CT molecular complexity index is 681. The zero-order chi connectivity index (χ0) is 15.7. The number of aromatic nitrogens is 3. The summed E-state index contributed by atoms with van der Waals surface area (Å²) < 4.78 is 5.58. The SMILES string of the molecule is Cc1n[nH]c(C)c1C1COCCN1C(=O)c1ccncc1Cl. The van der Waals surface area contributed by atoms with E-state index in [2.05, 4.69) is 15.2 Å². The van der Waals surface area contributed by atoms with E-state index in [1.807, 2.05) is 13.8 Å². The fourth-order valence-corrected chi connectivity index (χ4v) is 3.04. The standard InChI is InChI=1S/C15H17ClN4O2/c1-9-14(10(2)19-18-9)13-8-22-6-5-20(13)15(21)11-3-4-17-7-12(11)16/h3-4,7,13H,5-6,8H2,1-2H3,(H,18,19). The van der Waals surface area contributed by atoms with Crippen molar-refractivity contribution in [1.82, 2.24) is 20.1 Å². The van der Waals surface area contributed by atoms with Gasteiger partial charge in [-0.1, -0.05) is 11.6 Å². The molecule has 1 unspecified atom stereocenters. The third-order valence-electron chi connectivity index (χ3n) is 3.91. The molecule has 1 N–H and O–H groups in total. The second-order valence-electron chi connectivity index (χ2n) is 5.29. The van der Waals surface area contributed by atoms with Crippen LogP contribution in [0.5, 0.6) is 0 Å². The summed E-state index contributed by atoms with van der Waals surface area (Å²) in [4.78, 5) is 18.6. The van der Waals surface area contributed by atoms with Gasteiger partial charge in [0.1, 0.15) is 0 Å². The molecule has 1 aliphatic heterocycles. The number of carbonyl (C=O) groups is 1. The molecule has 1 atom stereocenters. The zero-order valence-corrected chi connectivity index (χ0v) is 13.2. The molecule has 1 aliphatic rings. The first-order chi connectivity index (χ1) is 10.6. The van der Waals surface area contributed by atoms with Crippen molar-refractivity contribution in [3.8, 4) is 0 Å². The second kappa shape index (κ2) is 6.06. The summed E-state index contributed by atoms with van der Waals surface area (Å²) in [6.07, 6.45) is 3.06. The smallest absolute Gasteiger partial charge is 0.256 e. The van der Waals surface area contributed by atoms with E-state index in [9.17, 15) is 4.79 Å². The Morgan fingerprint density at radius 1 is 1.50 bits per heavy atom. The van der Waals surface area contributed by atoms with Crippen LogP contribution in [-0.2, 0) is 4.74 Å². The van der Waals surface area contributed by atoms with Crippen LogP contribution in [0.1, 0.15) is 33.4 Å². The molecule has 22 heavy (non-hydrogen) atoms. The van der Waals surface area contributed by atoms with Crippen molar-refractivity contribution in [2.75, 3.05) is 19.8 Å². The van der Waals surface area contributed by atoms with E-state index in [4.69, 9.17) is 16.3 Å². The maximum Gasteiger partial charge on any atom is 0.256 e. The maximum absolute atomic E-state index is 12.9. The first-order valence-corrected chi connectivity index (χ1v) is 7.47. The van der Waals surface area contributed by atoms with Gasteiger partial charge in [0.25, 0.3) is 5.91 Å². The number of nitrogens with one attached hydrogen (secondary N) is 1. The zero-order valence-electron chi connectivity index (χ0n) is 12.5. The molecule has 0 aromatic carbocycles. The highest BCUT2D eigenvalue weighted by Crippen LogP contribution is 2.30. The third-order valence-corrected chi connectivity index (χ3v) is 4.21. The number of halogens is 1. The summed E-state index contributed by atoms with van der Waals surface area (Å²) in [5, 5.41) is 7.55. The molecule has 3 heterocycles. The van der Waals surface area contributed by atoms with Crippen molar-refractivity contribution >= 4 is 17.5 Å². The highest BCUT2D eigenvalue weighted by molar-refractivity contribution is 6.33. The lowest BCUT2D eigenvalue weighted by Gasteiger charge is -2.36. The number of aromatic amines is 1. The lowest BCUT2D eigenvalue weighted by molar-refractivity contribution is -0.00301. The van der Waals surface area contributed by atoms with Crippen molar-refractivity contribution < 1.29 is 9.53 Å². The number of rotatable bonds is 2. The van der Waals surface area contributed by atoms with E-state index in [0.29, 0.717) is 30.3 Å². The number of carbonyl (C=O) groups excluding carboxylic acids is 1. The highest BCUT2D eigenvalue weighted by Gasteiger charge is 2.33. The van der Waals surface area contributed by atoms with Gasteiger partial charge in [0.15, 0.2) is 0 Å². The molecule has 0 spiro atoms. The minimum absolute atomic E-state index is 0.110. The molecule has 7 heteroatoms. The number of ether oxygens (including phenoxy) is 1. The van der Waals surface area contributed by atoms with Gasteiger partial charge >= 0.3 is 0 Å². The number of hydrogen-bond acceptors (Lipinski definition) is 4. The average Bonchev–Trinajstić information content (AvgIpc) is 2.86. The van der Waals surface area contributed by atoms with Gasteiger partial charge in [-0.25, -0.2) is 0 Å². The molecule has 116 valence electrons. The number of nitrogens with zero attached hydrogens (tertiary/aromatic N) is 3. The van der Waals surface area contributed by atoms with Gasteiger partial charge in [0, 0.05) is 30.2 Å².